The Balaban J connectivity index is 1.54. The summed E-state index contributed by atoms with van der Waals surface area (Å²) < 4.78 is 25.2. The lowest BCUT2D eigenvalue weighted by molar-refractivity contribution is -0.129. The average Bonchev–Trinajstić information content (AvgIpc) is 3.22. The van der Waals surface area contributed by atoms with Gasteiger partial charge in [-0.2, -0.15) is 0 Å². The van der Waals surface area contributed by atoms with Gasteiger partial charge in [0.25, 0.3) is 5.91 Å². The maximum Gasteiger partial charge on any atom is 0.266 e. The van der Waals surface area contributed by atoms with E-state index in [0.29, 0.717) is 36.7 Å². The molecule has 2 atom stereocenters. The van der Waals surface area contributed by atoms with Crippen molar-refractivity contribution in [2.75, 3.05) is 13.2 Å². The lowest BCUT2D eigenvalue weighted by Gasteiger charge is -2.28. The van der Waals surface area contributed by atoms with Crippen LogP contribution in [-0.4, -0.2) is 41.8 Å². The number of nitrogens with one attached hydrogen (secondary N) is 2. The smallest absolute Gasteiger partial charge is 0.266 e. The van der Waals surface area contributed by atoms with Crippen LogP contribution in [0.15, 0.2) is 83.9 Å². The van der Waals surface area contributed by atoms with Crippen LogP contribution >= 0.6 is 0 Å². The van der Waals surface area contributed by atoms with Gasteiger partial charge in [0.05, 0.1) is 6.61 Å². The van der Waals surface area contributed by atoms with E-state index in [0.717, 1.165) is 11.1 Å². The van der Waals surface area contributed by atoms with Gasteiger partial charge in [0, 0.05) is 31.6 Å². The number of aliphatic imine (C=N–C) groups is 1. The third-order valence-electron chi connectivity index (χ3n) is 6.03. The highest BCUT2D eigenvalue weighted by Crippen LogP contribution is 2.32. The van der Waals surface area contributed by atoms with Gasteiger partial charge in [-0.25, -0.2) is 14.8 Å². The van der Waals surface area contributed by atoms with Crippen LogP contribution in [0, 0.1) is 5.82 Å². The first-order chi connectivity index (χ1) is 17.5. The van der Waals surface area contributed by atoms with Gasteiger partial charge in [-0.1, -0.05) is 42.5 Å². The van der Waals surface area contributed by atoms with Crippen LogP contribution in [0.25, 0.3) is 0 Å². The Morgan fingerprint density at radius 3 is 2.56 bits per heavy atom. The van der Waals surface area contributed by atoms with Gasteiger partial charge in [-0.3, -0.25) is 10.2 Å². The van der Waals surface area contributed by atoms with Crippen molar-refractivity contribution in [1.82, 2.24) is 10.9 Å². The van der Waals surface area contributed by atoms with E-state index in [1.807, 2.05) is 49.4 Å². The molecular weight excluding hydrogens is 461 g/mol. The molecule has 3 aromatic carbocycles. The number of hydrogen-bond donors (Lipinski definition) is 3. The topological polar surface area (TPSA) is 92.2 Å². The fourth-order valence-electron chi connectivity index (χ4n) is 4.03. The summed E-state index contributed by atoms with van der Waals surface area (Å²) in [6.45, 7) is 2.59. The first kappa shape index (κ1) is 25.3. The molecule has 0 saturated carbocycles. The van der Waals surface area contributed by atoms with Gasteiger partial charge in [-0.15, -0.1) is 0 Å². The van der Waals surface area contributed by atoms with E-state index in [-0.39, 0.29) is 24.9 Å². The van der Waals surface area contributed by atoms with Crippen LogP contribution in [0.1, 0.15) is 30.0 Å². The Bertz CT molecular complexity index is 1190. The number of rotatable bonds is 11. The second-order valence-corrected chi connectivity index (χ2v) is 8.65. The number of hydrogen-bond acceptors (Lipinski definition) is 6. The fourth-order valence-corrected chi connectivity index (χ4v) is 4.03. The maximum atomic E-state index is 13.5. The van der Waals surface area contributed by atoms with Gasteiger partial charge in [0.2, 0.25) is 5.90 Å². The highest BCUT2D eigenvalue weighted by molar-refractivity contribution is 6.00. The minimum atomic E-state index is -1.21. The highest BCUT2D eigenvalue weighted by Gasteiger charge is 2.50. The fraction of sp³-hybridized carbons (Fsp3) is 0.286. The van der Waals surface area contributed by atoms with Crippen molar-refractivity contribution in [2.45, 2.75) is 38.0 Å². The van der Waals surface area contributed by atoms with Crippen LogP contribution in [0.2, 0.25) is 0 Å². The molecule has 1 amide bonds. The molecule has 3 N–H and O–H groups in total. The molecule has 0 aliphatic carbocycles. The van der Waals surface area contributed by atoms with Gasteiger partial charge in [0.15, 0.2) is 5.54 Å². The van der Waals surface area contributed by atoms with Gasteiger partial charge in [0.1, 0.15) is 17.7 Å². The second-order valence-electron chi connectivity index (χ2n) is 8.65. The normalized spacial score (nSPS) is 18.9. The molecule has 7 nitrogen and oxygen atoms in total. The number of amides is 1. The monoisotopic (exact) mass is 491 g/mol. The minimum Gasteiger partial charge on any atom is -0.494 e. The number of carbonyl (C=O) groups excluding carboxylic acids is 1. The Morgan fingerprint density at radius 2 is 1.83 bits per heavy atom. The molecule has 1 heterocycles. The van der Waals surface area contributed by atoms with Crippen LogP contribution < -0.4 is 15.6 Å². The van der Waals surface area contributed by atoms with E-state index >= 15 is 0 Å². The van der Waals surface area contributed by atoms with Gasteiger partial charge < -0.3 is 14.6 Å². The Hall–Kier alpha value is -3.75. The summed E-state index contributed by atoms with van der Waals surface area (Å²) in [5, 5.41) is 8.91. The molecule has 0 radical (unpaired) electrons. The molecule has 0 bridgehead atoms. The van der Waals surface area contributed by atoms with E-state index < -0.39 is 11.6 Å². The molecule has 1 aliphatic heterocycles. The largest absolute Gasteiger partial charge is 0.494 e. The van der Waals surface area contributed by atoms with Crippen molar-refractivity contribution < 1.29 is 23.8 Å². The molecule has 1 aliphatic rings. The van der Waals surface area contributed by atoms with Crippen molar-refractivity contribution in [1.29, 1.82) is 0 Å². The Labute approximate surface area is 210 Å². The number of hydrazine groups is 1. The van der Waals surface area contributed by atoms with E-state index in [2.05, 4.69) is 10.9 Å². The summed E-state index contributed by atoms with van der Waals surface area (Å²) >= 11 is 0. The lowest BCUT2D eigenvalue weighted by Crippen LogP contribution is -2.55. The molecule has 0 fully saturated rings. The maximum absolute atomic E-state index is 13.5. The predicted octanol–water partition coefficient (Wildman–Crippen LogP) is 3.55. The number of aliphatic hydroxyl groups is 1. The molecular formula is C28H30FN3O4. The quantitative estimate of drug-likeness (QED) is 0.282. The summed E-state index contributed by atoms with van der Waals surface area (Å²) in [6, 6.07) is 23.1. The number of ether oxygens (including phenoxy) is 2. The van der Waals surface area contributed by atoms with Crippen molar-refractivity contribution in [3.63, 3.8) is 0 Å². The van der Waals surface area contributed by atoms with E-state index in [1.54, 1.807) is 24.3 Å². The Kier molecular flexibility index (Phi) is 8.30. The van der Waals surface area contributed by atoms with Gasteiger partial charge in [-0.05, 0) is 54.4 Å². The van der Waals surface area contributed by atoms with E-state index in [4.69, 9.17) is 19.6 Å². The SMILES string of the molecule is C[C@@H]1OC(c2ccc(OCCCO)cc2)=N[C@]1(Cc1ccccc1)C(=O)NNCc1cccc(F)c1. The first-order valence-corrected chi connectivity index (χ1v) is 11.9. The van der Waals surface area contributed by atoms with Crippen LogP contribution in [0.4, 0.5) is 4.39 Å². The van der Waals surface area contributed by atoms with Crippen molar-refractivity contribution in [3.8, 4) is 5.75 Å². The second kappa shape index (κ2) is 11.8. The Morgan fingerprint density at radius 1 is 1.08 bits per heavy atom. The summed E-state index contributed by atoms with van der Waals surface area (Å²) in [7, 11) is 0. The molecule has 0 spiro atoms. The third kappa shape index (κ3) is 6.08. The molecule has 0 aromatic heterocycles. The summed E-state index contributed by atoms with van der Waals surface area (Å²) in [4.78, 5) is 18.4. The highest BCUT2D eigenvalue weighted by atomic mass is 19.1. The molecule has 4 rings (SSSR count). The zero-order chi connectivity index (χ0) is 25.4. The van der Waals surface area contributed by atoms with E-state index in [1.165, 1.54) is 12.1 Å². The first-order valence-electron chi connectivity index (χ1n) is 11.9. The summed E-state index contributed by atoms with van der Waals surface area (Å²) in [5.41, 5.74) is 6.83. The standard InChI is InChI=1S/C28H30FN3O4/c1-20-28(18-21-7-3-2-4-8-21,27(34)32-30-19-22-9-5-10-24(29)17-22)31-26(36-20)23-11-13-25(14-12-23)35-16-6-15-33/h2-5,7-14,17,20,30,33H,6,15-16,18-19H2,1H3,(H,32,34)/t20-,28-/m0/s1. The zero-order valence-corrected chi connectivity index (χ0v) is 20.1. The summed E-state index contributed by atoms with van der Waals surface area (Å²) in [5.74, 6) is 0.376. The van der Waals surface area contributed by atoms with Gasteiger partial charge >= 0.3 is 0 Å². The van der Waals surface area contributed by atoms with E-state index in [9.17, 15) is 9.18 Å². The van der Waals surface area contributed by atoms with Crippen molar-refractivity contribution >= 4 is 11.8 Å². The number of carbonyl (C=O) groups is 1. The lowest BCUT2D eigenvalue weighted by atomic mass is 9.86. The van der Waals surface area contributed by atoms with Crippen LogP contribution in [0.3, 0.4) is 0 Å². The zero-order valence-electron chi connectivity index (χ0n) is 20.1. The molecule has 3 aromatic rings. The minimum absolute atomic E-state index is 0.0727. The van der Waals surface area contributed by atoms with Crippen molar-refractivity contribution in [3.05, 3.63) is 101 Å². The summed E-state index contributed by atoms with van der Waals surface area (Å²) in [6.07, 6.45) is 0.359. The van der Waals surface area contributed by atoms with Crippen molar-refractivity contribution in [2.24, 2.45) is 4.99 Å². The number of halogens is 1. The molecule has 188 valence electrons. The molecule has 36 heavy (non-hydrogen) atoms. The van der Waals surface area contributed by atoms with Crippen LogP contribution in [0.5, 0.6) is 5.75 Å². The molecule has 8 heteroatoms. The predicted molar refractivity (Wildman–Crippen MR) is 135 cm³/mol. The average molecular weight is 492 g/mol. The third-order valence-corrected chi connectivity index (χ3v) is 6.03. The number of nitrogens with zero attached hydrogens (tertiary/aromatic N) is 1. The number of aliphatic hydroxyl groups excluding tert-OH is 1. The molecule has 0 saturated heterocycles. The van der Waals surface area contributed by atoms with Crippen LogP contribution in [-0.2, 0) is 22.5 Å². The molecule has 0 unspecified atom stereocenters. The number of benzene rings is 3.